The van der Waals surface area contributed by atoms with Crippen LogP contribution in [0.2, 0.25) is 0 Å². The summed E-state index contributed by atoms with van der Waals surface area (Å²) in [6, 6.07) is 11.5. The van der Waals surface area contributed by atoms with Crippen molar-refractivity contribution in [3.05, 3.63) is 53.9 Å². The first-order chi connectivity index (χ1) is 12.6. The first kappa shape index (κ1) is 17.6. The van der Waals surface area contributed by atoms with Crippen molar-refractivity contribution in [2.75, 3.05) is 26.2 Å². The van der Waals surface area contributed by atoms with Gasteiger partial charge in [0.1, 0.15) is 5.75 Å². The van der Waals surface area contributed by atoms with E-state index in [1.54, 1.807) is 8.61 Å². The molecule has 0 aliphatic carbocycles. The fourth-order valence-electron chi connectivity index (χ4n) is 3.93. The van der Waals surface area contributed by atoms with E-state index in [4.69, 9.17) is 4.74 Å². The van der Waals surface area contributed by atoms with Crippen LogP contribution in [-0.4, -0.2) is 47.8 Å². The summed E-state index contributed by atoms with van der Waals surface area (Å²) in [5.74, 6) is 0.802. The van der Waals surface area contributed by atoms with E-state index in [9.17, 15) is 8.42 Å². The third kappa shape index (κ3) is 3.04. The lowest BCUT2D eigenvalue weighted by molar-refractivity contribution is 0.275. The lowest BCUT2D eigenvalue weighted by Crippen LogP contribution is -2.48. The van der Waals surface area contributed by atoms with Gasteiger partial charge in [0.25, 0.3) is 10.2 Å². The summed E-state index contributed by atoms with van der Waals surface area (Å²) in [7, 11) is -3.48. The van der Waals surface area contributed by atoms with Crippen molar-refractivity contribution < 1.29 is 13.2 Å². The number of nitrogens with zero attached hydrogens (tertiary/aromatic N) is 3. The van der Waals surface area contributed by atoms with Gasteiger partial charge in [-0.2, -0.15) is 17.0 Å². The van der Waals surface area contributed by atoms with Gasteiger partial charge in [-0.05, 0) is 49.6 Å². The molecule has 1 aromatic heterocycles. The molecule has 0 radical (unpaired) electrons. The molecule has 1 fully saturated rings. The van der Waals surface area contributed by atoms with E-state index in [0.717, 1.165) is 29.8 Å². The minimum Gasteiger partial charge on any atom is -0.494 e. The lowest BCUT2D eigenvalue weighted by atomic mass is 10.0. The molecular formula is C19H25N3O3S. The summed E-state index contributed by atoms with van der Waals surface area (Å²) < 4.78 is 37.6. The van der Waals surface area contributed by atoms with E-state index < -0.39 is 10.2 Å². The predicted octanol–water partition coefficient (Wildman–Crippen LogP) is 2.63. The highest BCUT2D eigenvalue weighted by atomic mass is 32.2. The van der Waals surface area contributed by atoms with E-state index in [2.05, 4.69) is 4.57 Å². The van der Waals surface area contributed by atoms with E-state index in [0.29, 0.717) is 32.8 Å². The van der Waals surface area contributed by atoms with Crippen molar-refractivity contribution in [3.63, 3.8) is 0 Å². The van der Waals surface area contributed by atoms with Crippen molar-refractivity contribution in [1.29, 1.82) is 0 Å². The number of hydrogen-bond acceptors (Lipinski definition) is 3. The van der Waals surface area contributed by atoms with Gasteiger partial charge in [0.05, 0.1) is 12.6 Å². The summed E-state index contributed by atoms with van der Waals surface area (Å²) in [5, 5.41) is 0. The average Bonchev–Trinajstić information content (AvgIpc) is 3.33. The van der Waals surface area contributed by atoms with Crippen molar-refractivity contribution >= 4 is 10.2 Å². The molecule has 0 saturated carbocycles. The third-order valence-corrected chi connectivity index (χ3v) is 7.19. The Hall–Kier alpha value is -1.83. The predicted molar refractivity (Wildman–Crippen MR) is 100 cm³/mol. The van der Waals surface area contributed by atoms with Crippen LogP contribution >= 0.6 is 0 Å². The SMILES string of the molecule is CCOc1ccc(C2c3cccn3CCN2S(=O)(=O)N2CCCC2)cc1. The van der Waals surface area contributed by atoms with Gasteiger partial charge in [-0.1, -0.05) is 12.1 Å². The maximum Gasteiger partial charge on any atom is 0.282 e. The number of ether oxygens (including phenoxy) is 1. The molecule has 26 heavy (non-hydrogen) atoms. The fraction of sp³-hybridized carbons (Fsp3) is 0.474. The van der Waals surface area contributed by atoms with Crippen LogP contribution in [0.5, 0.6) is 5.75 Å². The van der Waals surface area contributed by atoms with Crippen LogP contribution in [0.4, 0.5) is 0 Å². The highest BCUT2D eigenvalue weighted by Crippen LogP contribution is 2.36. The van der Waals surface area contributed by atoms with Crippen LogP contribution in [0.15, 0.2) is 42.6 Å². The Morgan fingerprint density at radius 2 is 1.77 bits per heavy atom. The minimum absolute atomic E-state index is 0.306. The normalized spacial score (nSPS) is 21.7. The molecule has 1 unspecified atom stereocenters. The molecule has 0 amide bonds. The Kier molecular flexibility index (Phi) is 4.77. The zero-order valence-corrected chi connectivity index (χ0v) is 15.9. The maximum absolute atomic E-state index is 13.3. The van der Waals surface area contributed by atoms with Crippen molar-refractivity contribution in [2.24, 2.45) is 0 Å². The van der Waals surface area contributed by atoms with E-state index in [-0.39, 0.29) is 6.04 Å². The van der Waals surface area contributed by atoms with Crippen molar-refractivity contribution in [2.45, 2.75) is 32.4 Å². The van der Waals surface area contributed by atoms with Gasteiger partial charge in [-0.3, -0.25) is 0 Å². The van der Waals surface area contributed by atoms with Gasteiger partial charge in [-0.25, -0.2) is 0 Å². The van der Waals surface area contributed by atoms with E-state index in [1.807, 2.05) is 49.5 Å². The summed E-state index contributed by atoms with van der Waals surface area (Å²) >= 11 is 0. The molecule has 6 nitrogen and oxygen atoms in total. The fourth-order valence-corrected chi connectivity index (χ4v) is 5.75. The average molecular weight is 375 g/mol. The largest absolute Gasteiger partial charge is 0.494 e. The Morgan fingerprint density at radius 3 is 2.46 bits per heavy atom. The summed E-state index contributed by atoms with van der Waals surface area (Å²) in [5.41, 5.74) is 1.99. The first-order valence-corrected chi connectivity index (χ1v) is 10.7. The van der Waals surface area contributed by atoms with E-state index in [1.165, 1.54) is 0 Å². The summed E-state index contributed by atoms with van der Waals surface area (Å²) in [6.45, 7) is 4.97. The molecule has 2 aromatic rings. The van der Waals surface area contributed by atoms with Gasteiger partial charge < -0.3 is 9.30 Å². The highest BCUT2D eigenvalue weighted by Gasteiger charge is 2.40. The molecule has 0 spiro atoms. The standard InChI is InChI=1S/C19H25N3O3S/c1-2-25-17-9-7-16(8-10-17)19-18-6-5-11-20(18)14-15-22(19)26(23,24)21-12-3-4-13-21/h5-11,19H,2-4,12-15H2,1H3. The highest BCUT2D eigenvalue weighted by molar-refractivity contribution is 7.86. The second-order valence-electron chi connectivity index (χ2n) is 6.76. The molecule has 1 aromatic carbocycles. The van der Waals surface area contributed by atoms with E-state index >= 15 is 0 Å². The molecule has 140 valence electrons. The van der Waals surface area contributed by atoms with Gasteiger partial charge in [-0.15, -0.1) is 0 Å². The monoisotopic (exact) mass is 375 g/mol. The van der Waals surface area contributed by atoms with Gasteiger partial charge in [0.15, 0.2) is 0 Å². The Labute approximate surface area is 155 Å². The molecule has 7 heteroatoms. The molecule has 4 rings (SSSR count). The molecule has 1 atom stereocenters. The van der Waals surface area contributed by atoms with Crippen LogP contribution in [-0.2, 0) is 16.8 Å². The number of benzene rings is 1. The quantitative estimate of drug-likeness (QED) is 0.807. The summed E-state index contributed by atoms with van der Waals surface area (Å²) in [4.78, 5) is 0. The minimum atomic E-state index is -3.48. The second-order valence-corrected chi connectivity index (χ2v) is 8.64. The van der Waals surface area contributed by atoms with Gasteiger partial charge in [0.2, 0.25) is 0 Å². The number of aromatic nitrogens is 1. The zero-order chi connectivity index (χ0) is 18.1. The topological polar surface area (TPSA) is 54.8 Å². The molecule has 2 aliphatic rings. The third-order valence-electron chi connectivity index (χ3n) is 5.19. The van der Waals surface area contributed by atoms with Gasteiger partial charge >= 0.3 is 0 Å². The molecule has 0 N–H and O–H groups in total. The zero-order valence-electron chi connectivity index (χ0n) is 15.0. The Morgan fingerprint density at radius 1 is 1.04 bits per heavy atom. The molecular weight excluding hydrogens is 350 g/mol. The second kappa shape index (κ2) is 7.06. The van der Waals surface area contributed by atoms with Crippen LogP contribution in [0.1, 0.15) is 37.1 Å². The Bertz CT molecular complexity index is 854. The van der Waals surface area contributed by atoms with Crippen LogP contribution in [0.25, 0.3) is 0 Å². The number of fused-ring (bicyclic) bond motifs is 1. The Balaban J connectivity index is 1.73. The first-order valence-electron chi connectivity index (χ1n) is 9.26. The van der Waals surface area contributed by atoms with Crippen LogP contribution < -0.4 is 4.74 Å². The summed E-state index contributed by atoms with van der Waals surface area (Å²) in [6.07, 6.45) is 3.91. The van der Waals surface area contributed by atoms with Crippen molar-refractivity contribution in [3.8, 4) is 5.75 Å². The smallest absolute Gasteiger partial charge is 0.282 e. The number of rotatable bonds is 5. The number of hydrogen-bond donors (Lipinski definition) is 0. The van der Waals surface area contributed by atoms with Crippen molar-refractivity contribution in [1.82, 2.24) is 13.2 Å². The lowest BCUT2D eigenvalue weighted by Gasteiger charge is -2.38. The molecule has 1 saturated heterocycles. The van der Waals surface area contributed by atoms with Gasteiger partial charge in [0, 0.05) is 38.1 Å². The van der Waals surface area contributed by atoms with Crippen LogP contribution in [0.3, 0.4) is 0 Å². The maximum atomic E-state index is 13.3. The molecule has 0 bridgehead atoms. The van der Waals surface area contributed by atoms with Crippen LogP contribution in [0, 0.1) is 0 Å². The molecule has 2 aliphatic heterocycles. The molecule has 3 heterocycles.